The van der Waals surface area contributed by atoms with Crippen molar-refractivity contribution in [1.29, 1.82) is 0 Å². The molecule has 2 rings (SSSR count). The second kappa shape index (κ2) is 6.32. The van der Waals surface area contributed by atoms with Crippen molar-refractivity contribution in [2.24, 2.45) is 0 Å². The van der Waals surface area contributed by atoms with Gasteiger partial charge in [-0.25, -0.2) is 0 Å². The summed E-state index contributed by atoms with van der Waals surface area (Å²) < 4.78 is 0. The van der Waals surface area contributed by atoms with Crippen molar-refractivity contribution in [2.75, 3.05) is 10.6 Å². The Kier molecular flexibility index (Phi) is 4.49. The Morgan fingerprint density at radius 1 is 1.05 bits per heavy atom. The van der Waals surface area contributed by atoms with Gasteiger partial charge in [-0.15, -0.1) is 0 Å². The summed E-state index contributed by atoms with van der Waals surface area (Å²) in [5.41, 5.74) is 3.47. The van der Waals surface area contributed by atoms with Crippen molar-refractivity contribution in [3.63, 3.8) is 0 Å². The van der Waals surface area contributed by atoms with E-state index < -0.39 is 4.92 Å². The van der Waals surface area contributed by atoms with Crippen LogP contribution in [0.1, 0.15) is 11.1 Å². The number of hydrogen-bond donors (Lipinski definition) is 2. The predicted molar refractivity (Wildman–Crippen MR) is 88.9 cm³/mol. The standard InChI is InChI=1S/C15H15N3O2S/c1-10-6-5-8-12(11(10)2)16-15(21)17-13-7-3-4-9-14(13)18(19)20/h3-9H,1-2H3,(H2,16,17,21). The molecule has 6 heteroatoms. The number of nitrogens with one attached hydrogen (secondary N) is 2. The smallest absolute Gasteiger partial charge is 0.292 e. The number of thiocarbonyl (C=S) groups is 1. The highest BCUT2D eigenvalue weighted by molar-refractivity contribution is 7.80. The summed E-state index contributed by atoms with van der Waals surface area (Å²) in [6, 6.07) is 12.2. The number of benzene rings is 2. The maximum Gasteiger partial charge on any atom is 0.292 e. The number of nitrogens with zero attached hydrogens (tertiary/aromatic N) is 1. The minimum Gasteiger partial charge on any atom is -0.332 e. The molecular formula is C15H15N3O2S. The van der Waals surface area contributed by atoms with E-state index in [2.05, 4.69) is 10.6 Å². The van der Waals surface area contributed by atoms with E-state index in [1.54, 1.807) is 18.2 Å². The summed E-state index contributed by atoms with van der Waals surface area (Å²) >= 11 is 5.22. The molecule has 0 spiro atoms. The van der Waals surface area contributed by atoms with Gasteiger partial charge in [0.05, 0.1) is 4.92 Å². The summed E-state index contributed by atoms with van der Waals surface area (Å²) in [5.74, 6) is 0. The quantitative estimate of drug-likeness (QED) is 0.509. The van der Waals surface area contributed by atoms with Crippen molar-refractivity contribution in [2.45, 2.75) is 13.8 Å². The van der Waals surface area contributed by atoms with E-state index in [0.717, 1.165) is 16.8 Å². The summed E-state index contributed by atoms with van der Waals surface area (Å²) in [7, 11) is 0. The van der Waals surface area contributed by atoms with Crippen LogP contribution >= 0.6 is 12.2 Å². The van der Waals surface area contributed by atoms with Crippen LogP contribution in [0, 0.1) is 24.0 Å². The van der Waals surface area contributed by atoms with Crippen molar-refractivity contribution in [3.05, 3.63) is 63.7 Å². The van der Waals surface area contributed by atoms with Crippen LogP contribution in [0.15, 0.2) is 42.5 Å². The van der Waals surface area contributed by atoms with Crippen LogP contribution in [-0.4, -0.2) is 10.0 Å². The minimum atomic E-state index is -0.442. The fourth-order valence-electron chi connectivity index (χ4n) is 1.90. The third kappa shape index (κ3) is 3.55. The first kappa shape index (κ1) is 14.9. The molecule has 2 aromatic carbocycles. The Balaban J connectivity index is 2.16. The summed E-state index contributed by atoms with van der Waals surface area (Å²) in [5, 5.41) is 17.2. The van der Waals surface area contributed by atoms with Crippen molar-refractivity contribution in [1.82, 2.24) is 0 Å². The maximum absolute atomic E-state index is 11.0. The number of aryl methyl sites for hydroxylation is 1. The first-order valence-electron chi connectivity index (χ1n) is 6.36. The van der Waals surface area contributed by atoms with Gasteiger partial charge in [-0.2, -0.15) is 0 Å². The van der Waals surface area contributed by atoms with Crippen LogP contribution in [-0.2, 0) is 0 Å². The molecule has 0 bridgehead atoms. The van der Waals surface area contributed by atoms with E-state index in [9.17, 15) is 10.1 Å². The SMILES string of the molecule is Cc1cccc(NC(=S)Nc2ccccc2[N+](=O)[O-])c1C. The van der Waals surface area contributed by atoms with E-state index in [0.29, 0.717) is 10.8 Å². The van der Waals surface area contributed by atoms with Gasteiger partial charge in [0.2, 0.25) is 0 Å². The summed E-state index contributed by atoms with van der Waals surface area (Å²) in [4.78, 5) is 10.5. The van der Waals surface area contributed by atoms with E-state index in [1.807, 2.05) is 32.0 Å². The van der Waals surface area contributed by atoms with Gasteiger partial charge in [-0.3, -0.25) is 10.1 Å². The molecule has 0 atom stereocenters. The van der Waals surface area contributed by atoms with E-state index in [4.69, 9.17) is 12.2 Å². The van der Waals surface area contributed by atoms with E-state index in [1.165, 1.54) is 6.07 Å². The highest BCUT2D eigenvalue weighted by Gasteiger charge is 2.13. The Morgan fingerprint density at radius 2 is 1.67 bits per heavy atom. The number of nitro groups is 1. The predicted octanol–water partition coefficient (Wildman–Crippen LogP) is 4.02. The fraction of sp³-hybridized carbons (Fsp3) is 0.133. The Morgan fingerprint density at radius 3 is 2.38 bits per heavy atom. The van der Waals surface area contributed by atoms with Crippen molar-refractivity contribution >= 4 is 34.4 Å². The zero-order valence-corrected chi connectivity index (χ0v) is 12.5. The van der Waals surface area contributed by atoms with Crippen LogP contribution < -0.4 is 10.6 Å². The molecule has 0 aliphatic rings. The highest BCUT2D eigenvalue weighted by atomic mass is 32.1. The lowest BCUT2D eigenvalue weighted by Gasteiger charge is -2.13. The largest absolute Gasteiger partial charge is 0.332 e. The molecule has 5 nitrogen and oxygen atoms in total. The molecule has 0 heterocycles. The molecular weight excluding hydrogens is 286 g/mol. The molecule has 0 fully saturated rings. The Hall–Kier alpha value is -2.47. The molecule has 0 aromatic heterocycles. The molecule has 0 saturated carbocycles. The topological polar surface area (TPSA) is 67.2 Å². The molecule has 108 valence electrons. The zero-order chi connectivity index (χ0) is 15.4. The molecule has 0 unspecified atom stereocenters. The molecule has 0 saturated heterocycles. The number of para-hydroxylation sites is 2. The first-order valence-corrected chi connectivity index (χ1v) is 6.77. The highest BCUT2D eigenvalue weighted by Crippen LogP contribution is 2.24. The first-order chi connectivity index (χ1) is 9.99. The maximum atomic E-state index is 11.0. The summed E-state index contributed by atoms with van der Waals surface area (Å²) in [6.07, 6.45) is 0. The van der Waals surface area contributed by atoms with Gasteiger partial charge in [0.15, 0.2) is 5.11 Å². The lowest BCUT2D eigenvalue weighted by atomic mass is 10.1. The van der Waals surface area contributed by atoms with Crippen LogP contribution in [0.25, 0.3) is 0 Å². The number of rotatable bonds is 3. The molecule has 0 radical (unpaired) electrons. The lowest BCUT2D eigenvalue weighted by molar-refractivity contribution is -0.383. The van der Waals surface area contributed by atoms with Gasteiger partial charge >= 0.3 is 0 Å². The van der Waals surface area contributed by atoms with Gasteiger partial charge in [-0.1, -0.05) is 24.3 Å². The van der Waals surface area contributed by atoms with Crippen molar-refractivity contribution < 1.29 is 4.92 Å². The molecule has 0 amide bonds. The molecule has 2 N–H and O–H groups in total. The average Bonchev–Trinajstić information content (AvgIpc) is 2.44. The van der Waals surface area contributed by atoms with Gasteiger partial charge in [0, 0.05) is 11.8 Å². The number of anilines is 2. The second-order valence-electron chi connectivity index (χ2n) is 4.60. The zero-order valence-electron chi connectivity index (χ0n) is 11.7. The summed E-state index contributed by atoms with van der Waals surface area (Å²) in [6.45, 7) is 4.00. The van der Waals surface area contributed by atoms with Gasteiger partial charge in [0.1, 0.15) is 5.69 Å². The average molecular weight is 301 g/mol. The normalized spacial score (nSPS) is 10.0. The van der Waals surface area contributed by atoms with Gasteiger partial charge in [-0.05, 0) is 49.3 Å². The van der Waals surface area contributed by atoms with Crippen LogP contribution in [0.2, 0.25) is 0 Å². The van der Waals surface area contributed by atoms with Gasteiger partial charge in [0.25, 0.3) is 5.69 Å². The lowest BCUT2D eigenvalue weighted by Crippen LogP contribution is -2.20. The monoisotopic (exact) mass is 301 g/mol. The van der Waals surface area contributed by atoms with Gasteiger partial charge < -0.3 is 10.6 Å². The molecule has 0 aliphatic heterocycles. The number of nitro benzene ring substituents is 1. The molecule has 21 heavy (non-hydrogen) atoms. The molecule has 0 aliphatic carbocycles. The molecule has 2 aromatic rings. The van der Waals surface area contributed by atoms with Crippen LogP contribution in [0.4, 0.5) is 17.1 Å². The van der Waals surface area contributed by atoms with E-state index in [-0.39, 0.29) is 5.69 Å². The minimum absolute atomic E-state index is 0.0115. The fourth-order valence-corrected chi connectivity index (χ4v) is 2.12. The Labute approximate surface area is 128 Å². The number of hydrogen-bond acceptors (Lipinski definition) is 3. The third-order valence-electron chi connectivity index (χ3n) is 3.20. The third-order valence-corrected chi connectivity index (χ3v) is 3.41. The van der Waals surface area contributed by atoms with Crippen LogP contribution in [0.3, 0.4) is 0 Å². The van der Waals surface area contributed by atoms with Crippen LogP contribution in [0.5, 0.6) is 0 Å². The van der Waals surface area contributed by atoms with Crippen molar-refractivity contribution in [3.8, 4) is 0 Å². The van der Waals surface area contributed by atoms with E-state index >= 15 is 0 Å². The Bertz CT molecular complexity index is 701. The second-order valence-corrected chi connectivity index (χ2v) is 5.01.